The van der Waals surface area contributed by atoms with E-state index in [-0.39, 0.29) is 18.2 Å². The summed E-state index contributed by atoms with van der Waals surface area (Å²) in [5.74, 6) is -0.388. The Hall–Kier alpha value is -1.47. The predicted molar refractivity (Wildman–Crippen MR) is 61.0 cm³/mol. The number of thiazole rings is 1. The first-order valence-electron chi connectivity index (χ1n) is 4.80. The van der Waals surface area contributed by atoms with Crippen molar-refractivity contribution in [3.8, 4) is 0 Å². The average Bonchev–Trinajstić information content (AvgIpc) is 2.77. The molecule has 0 aliphatic carbocycles. The second-order valence-corrected chi connectivity index (χ2v) is 3.95. The van der Waals surface area contributed by atoms with Gasteiger partial charge in [-0.25, -0.2) is 4.98 Å². The van der Waals surface area contributed by atoms with Gasteiger partial charge >= 0.3 is 0 Å². The van der Waals surface area contributed by atoms with Gasteiger partial charge in [0.1, 0.15) is 10.7 Å². The second kappa shape index (κ2) is 6.19. The number of rotatable bonds is 5. The van der Waals surface area contributed by atoms with E-state index in [0.717, 1.165) is 5.01 Å². The first-order chi connectivity index (χ1) is 7.67. The lowest BCUT2D eigenvalue weighted by atomic mass is 10.3. The van der Waals surface area contributed by atoms with E-state index >= 15 is 0 Å². The molecule has 1 aromatic heterocycles. The van der Waals surface area contributed by atoms with E-state index in [9.17, 15) is 9.59 Å². The summed E-state index contributed by atoms with van der Waals surface area (Å²) in [6.07, 6.45) is 0.260. The highest BCUT2D eigenvalue weighted by Gasteiger charge is 2.09. The van der Waals surface area contributed by atoms with Crippen LogP contribution in [0.4, 0.5) is 0 Å². The van der Waals surface area contributed by atoms with E-state index in [0.29, 0.717) is 18.8 Å². The van der Waals surface area contributed by atoms with E-state index in [1.165, 1.54) is 11.3 Å². The van der Waals surface area contributed by atoms with Crippen molar-refractivity contribution in [3.63, 3.8) is 0 Å². The van der Waals surface area contributed by atoms with Gasteiger partial charge in [-0.1, -0.05) is 0 Å². The zero-order chi connectivity index (χ0) is 12.0. The van der Waals surface area contributed by atoms with Crippen molar-refractivity contribution in [3.05, 3.63) is 16.1 Å². The molecule has 16 heavy (non-hydrogen) atoms. The van der Waals surface area contributed by atoms with Crippen LogP contribution in [0.3, 0.4) is 0 Å². The van der Waals surface area contributed by atoms with Gasteiger partial charge in [0.25, 0.3) is 5.91 Å². The average molecular weight is 242 g/mol. The zero-order valence-electron chi connectivity index (χ0n) is 8.95. The zero-order valence-corrected chi connectivity index (χ0v) is 9.76. The first kappa shape index (κ1) is 12.6. The highest BCUT2D eigenvalue weighted by molar-refractivity contribution is 7.09. The molecule has 0 saturated carbocycles. The van der Waals surface area contributed by atoms with Crippen LogP contribution in [0.1, 0.15) is 21.9 Å². The van der Waals surface area contributed by atoms with Gasteiger partial charge < -0.3 is 16.4 Å². The molecule has 4 N–H and O–H groups in total. The first-order valence-corrected chi connectivity index (χ1v) is 5.68. The van der Waals surface area contributed by atoms with Crippen molar-refractivity contribution >= 4 is 23.2 Å². The monoisotopic (exact) mass is 242 g/mol. The summed E-state index contributed by atoms with van der Waals surface area (Å²) in [6, 6.07) is 0. The summed E-state index contributed by atoms with van der Waals surface area (Å²) in [5.41, 5.74) is 5.73. The van der Waals surface area contributed by atoms with E-state index in [1.54, 1.807) is 12.4 Å². The van der Waals surface area contributed by atoms with E-state index in [4.69, 9.17) is 5.73 Å². The van der Waals surface area contributed by atoms with Crippen molar-refractivity contribution in [1.82, 2.24) is 15.6 Å². The lowest BCUT2D eigenvalue weighted by molar-refractivity contribution is -0.120. The van der Waals surface area contributed by atoms with E-state index in [2.05, 4.69) is 15.6 Å². The number of carbonyl (C=O) groups excluding carboxylic acids is 2. The molecule has 0 aromatic carbocycles. The standard InChI is InChI=1S/C9H14N4O2S/c1-11-7(14)2-3-12-9(15)6-5-16-8(4-10)13-6/h5H,2-4,10H2,1H3,(H,11,14)(H,12,15). The van der Waals surface area contributed by atoms with Crippen LogP contribution in [-0.2, 0) is 11.3 Å². The van der Waals surface area contributed by atoms with Crippen LogP contribution in [-0.4, -0.2) is 30.4 Å². The number of nitrogens with one attached hydrogen (secondary N) is 2. The van der Waals surface area contributed by atoms with Gasteiger partial charge in [-0.15, -0.1) is 11.3 Å². The van der Waals surface area contributed by atoms with Crippen molar-refractivity contribution < 1.29 is 9.59 Å². The third-order valence-electron chi connectivity index (χ3n) is 1.88. The van der Waals surface area contributed by atoms with Crippen LogP contribution in [0.15, 0.2) is 5.38 Å². The summed E-state index contributed by atoms with van der Waals surface area (Å²) < 4.78 is 0. The van der Waals surface area contributed by atoms with Gasteiger partial charge in [0.2, 0.25) is 5.91 Å². The van der Waals surface area contributed by atoms with E-state index in [1.807, 2.05) is 0 Å². The molecule has 0 unspecified atom stereocenters. The lowest BCUT2D eigenvalue weighted by Crippen LogP contribution is -2.29. The number of aromatic nitrogens is 1. The minimum Gasteiger partial charge on any atom is -0.359 e. The summed E-state index contributed by atoms with van der Waals surface area (Å²) in [5, 5.41) is 7.45. The largest absolute Gasteiger partial charge is 0.359 e. The van der Waals surface area contributed by atoms with Crippen LogP contribution >= 0.6 is 11.3 Å². The molecule has 0 atom stereocenters. The fourth-order valence-electron chi connectivity index (χ4n) is 1.01. The summed E-state index contributed by atoms with van der Waals surface area (Å²) in [4.78, 5) is 26.4. The Morgan fingerprint density at radius 1 is 1.56 bits per heavy atom. The van der Waals surface area contributed by atoms with Crippen molar-refractivity contribution in [2.75, 3.05) is 13.6 Å². The lowest BCUT2D eigenvalue weighted by Gasteiger charge is -2.01. The number of hydrogen-bond acceptors (Lipinski definition) is 5. The Labute approximate surface area is 97.2 Å². The summed E-state index contributed by atoms with van der Waals surface area (Å²) >= 11 is 1.35. The molecule has 0 fully saturated rings. The topological polar surface area (TPSA) is 97.1 Å². The molecule has 0 aliphatic rings. The Morgan fingerprint density at radius 2 is 2.31 bits per heavy atom. The number of hydrogen-bond donors (Lipinski definition) is 3. The van der Waals surface area contributed by atoms with Crippen LogP contribution < -0.4 is 16.4 Å². The number of nitrogens with zero attached hydrogens (tertiary/aromatic N) is 1. The van der Waals surface area contributed by atoms with Gasteiger partial charge in [-0.2, -0.15) is 0 Å². The Morgan fingerprint density at radius 3 is 2.88 bits per heavy atom. The Bertz CT molecular complexity index is 377. The van der Waals surface area contributed by atoms with Crippen LogP contribution in [0, 0.1) is 0 Å². The minimum absolute atomic E-state index is 0.110. The molecule has 1 rings (SSSR count). The molecule has 1 heterocycles. The molecule has 0 radical (unpaired) electrons. The Balaban J connectivity index is 2.38. The minimum atomic E-state index is -0.278. The van der Waals surface area contributed by atoms with Gasteiger partial charge in [0.15, 0.2) is 0 Å². The van der Waals surface area contributed by atoms with Gasteiger partial charge in [-0.3, -0.25) is 9.59 Å². The molecule has 2 amide bonds. The molecule has 0 saturated heterocycles. The Kier molecular flexibility index (Phi) is 4.87. The number of nitrogens with two attached hydrogens (primary N) is 1. The van der Waals surface area contributed by atoms with Crippen molar-refractivity contribution in [2.45, 2.75) is 13.0 Å². The smallest absolute Gasteiger partial charge is 0.270 e. The van der Waals surface area contributed by atoms with Crippen LogP contribution in [0.2, 0.25) is 0 Å². The fourth-order valence-corrected chi connectivity index (χ4v) is 1.67. The number of amides is 2. The molecular formula is C9H14N4O2S. The maximum absolute atomic E-state index is 11.5. The molecule has 0 spiro atoms. The molecule has 1 aromatic rings. The summed E-state index contributed by atoms with van der Waals surface area (Å²) in [7, 11) is 1.55. The molecule has 7 heteroatoms. The molecular weight excluding hydrogens is 228 g/mol. The summed E-state index contributed by atoms with van der Waals surface area (Å²) in [6.45, 7) is 0.629. The molecule has 88 valence electrons. The maximum atomic E-state index is 11.5. The highest BCUT2D eigenvalue weighted by Crippen LogP contribution is 2.08. The third-order valence-corrected chi connectivity index (χ3v) is 2.75. The van der Waals surface area contributed by atoms with Crippen LogP contribution in [0.25, 0.3) is 0 Å². The maximum Gasteiger partial charge on any atom is 0.270 e. The SMILES string of the molecule is CNC(=O)CCNC(=O)c1csc(CN)n1. The van der Waals surface area contributed by atoms with Crippen LogP contribution in [0.5, 0.6) is 0 Å². The third kappa shape index (κ3) is 3.59. The molecule has 0 aliphatic heterocycles. The highest BCUT2D eigenvalue weighted by atomic mass is 32.1. The number of carbonyl (C=O) groups is 2. The second-order valence-electron chi connectivity index (χ2n) is 3.01. The molecule has 0 bridgehead atoms. The quantitative estimate of drug-likeness (QED) is 0.646. The van der Waals surface area contributed by atoms with Gasteiger partial charge in [0.05, 0.1) is 0 Å². The van der Waals surface area contributed by atoms with Crippen molar-refractivity contribution in [2.24, 2.45) is 5.73 Å². The predicted octanol–water partition coefficient (Wildman–Crippen LogP) is -0.532. The van der Waals surface area contributed by atoms with Gasteiger partial charge in [-0.05, 0) is 0 Å². The van der Waals surface area contributed by atoms with E-state index < -0.39 is 0 Å². The van der Waals surface area contributed by atoms with Gasteiger partial charge in [0, 0.05) is 31.9 Å². The normalized spacial score (nSPS) is 9.88. The van der Waals surface area contributed by atoms with Crippen molar-refractivity contribution in [1.29, 1.82) is 0 Å². The fraction of sp³-hybridized carbons (Fsp3) is 0.444. The molecule has 6 nitrogen and oxygen atoms in total.